The molecule has 11 atom stereocenters. The van der Waals surface area contributed by atoms with Gasteiger partial charge in [0.1, 0.15) is 42.5 Å². The number of fused-ring (bicyclic) bond motifs is 2. The molecule has 31 heteroatoms. The smallest absolute Gasteiger partial charge is 0.847 e. The van der Waals surface area contributed by atoms with E-state index in [9.17, 15) is 53.6 Å². The van der Waals surface area contributed by atoms with Crippen molar-refractivity contribution in [2.45, 2.75) is 49.1 Å². The molecule has 51 heavy (non-hydrogen) atoms. The van der Waals surface area contributed by atoms with Gasteiger partial charge in [-0.3, -0.25) is 28.0 Å². The van der Waals surface area contributed by atoms with Crippen LogP contribution in [0.4, 0.5) is 11.8 Å². The molecule has 6 rings (SSSR count). The maximum absolute atomic E-state index is 12.7. The van der Waals surface area contributed by atoms with Crippen LogP contribution in [0.3, 0.4) is 0 Å². The van der Waals surface area contributed by atoms with E-state index in [-0.39, 0.29) is 53.0 Å². The molecule has 27 nitrogen and oxygen atoms in total. The predicted octanol–water partition coefficient (Wildman–Crippen LogP) is -6.90. The van der Waals surface area contributed by atoms with Gasteiger partial charge in [0.25, 0.3) is 5.56 Å². The second kappa shape index (κ2) is 14.6. The van der Waals surface area contributed by atoms with Gasteiger partial charge in [0.15, 0.2) is 28.9 Å². The first kappa shape index (κ1) is 39.5. The third kappa shape index (κ3) is 8.11. The number of hydrogen-bond acceptors (Lipinski definition) is 21. The maximum Gasteiger partial charge on any atom is 1.00 e. The Morgan fingerprint density at radius 1 is 0.804 bits per heavy atom. The zero-order chi connectivity index (χ0) is 36.3. The summed E-state index contributed by atoms with van der Waals surface area (Å²) in [5.74, 6) is -0.318. The van der Waals surface area contributed by atoms with Crippen LogP contribution in [-0.2, 0) is 40.8 Å². The fraction of sp³-hybridized carbons (Fsp3) is 0.500. The van der Waals surface area contributed by atoms with Gasteiger partial charge in [0, 0.05) is 0 Å². The fourth-order valence-corrected chi connectivity index (χ4v) is 8.54. The normalized spacial score (nSPS) is 30.2. The summed E-state index contributed by atoms with van der Waals surface area (Å²) in [4.78, 5) is 63.5. The summed E-state index contributed by atoms with van der Waals surface area (Å²) in [6, 6.07) is 0. The Hall–Kier alpha value is -2.73. The molecule has 2 saturated heterocycles. The summed E-state index contributed by atoms with van der Waals surface area (Å²) in [5, 5.41) is 44.0. The fourth-order valence-electron chi connectivity index (χ4n) is 5.02. The van der Waals surface area contributed by atoms with Gasteiger partial charge < -0.3 is 56.0 Å². The van der Waals surface area contributed by atoms with Crippen molar-refractivity contribution in [2.24, 2.45) is 0 Å². The van der Waals surface area contributed by atoms with Crippen molar-refractivity contribution in [2.75, 3.05) is 24.7 Å². The number of hydrogen-bond donors (Lipinski definition) is 9. The van der Waals surface area contributed by atoms with Crippen LogP contribution in [0.2, 0.25) is 0 Å². The number of imidazole rings is 2. The van der Waals surface area contributed by atoms with Gasteiger partial charge in [-0.15, -0.1) is 0 Å². The molecule has 11 N–H and O–H groups in total. The third-order valence-electron chi connectivity index (χ3n) is 7.25. The van der Waals surface area contributed by atoms with Crippen LogP contribution in [0.25, 0.3) is 22.3 Å². The molecule has 0 saturated carbocycles. The summed E-state index contributed by atoms with van der Waals surface area (Å²) < 4.78 is 67.4. The van der Waals surface area contributed by atoms with E-state index in [4.69, 9.17) is 20.9 Å². The minimum absolute atomic E-state index is 0. The number of nitrogens with one attached hydrogen (secondary N) is 1. The van der Waals surface area contributed by atoms with E-state index in [1.807, 2.05) is 0 Å². The number of phosphoric acid groups is 3. The van der Waals surface area contributed by atoms with Crippen LogP contribution in [0, 0.1) is 0 Å². The number of aromatic nitrogens is 8. The van der Waals surface area contributed by atoms with Crippen LogP contribution < -0.4 is 41.0 Å². The van der Waals surface area contributed by atoms with Crippen molar-refractivity contribution in [3.63, 3.8) is 0 Å². The number of ether oxygens (including phenoxy) is 2. The molecule has 6 heterocycles. The van der Waals surface area contributed by atoms with Crippen LogP contribution in [0.5, 0.6) is 0 Å². The Morgan fingerprint density at radius 3 is 1.98 bits per heavy atom. The Morgan fingerprint density at radius 2 is 1.35 bits per heavy atom. The molecular weight excluding hydrogens is 752 g/mol. The van der Waals surface area contributed by atoms with Gasteiger partial charge in [-0.1, -0.05) is 0 Å². The van der Waals surface area contributed by atoms with E-state index >= 15 is 0 Å². The van der Waals surface area contributed by atoms with Crippen molar-refractivity contribution in [1.82, 2.24) is 39.0 Å². The van der Waals surface area contributed by atoms with E-state index < -0.39 is 91.3 Å². The van der Waals surface area contributed by atoms with E-state index in [2.05, 4.69) is 47.6 Å². The average molecular weight is 778 g/mol. The second-order valence-electron chi connectivity index (χ2n) is 10.6. The number of nitrogens with zero attached hydrogens (tertiary/aromatic N) is 7. The number of nitrogens with two attached hydrogens (primary N) is 2. The molecule has 3 unspecified atom stereocenters. The van der Waals surface area contributed by atoms with E-state index in [1.165, 1.54) is 10.9 Å². The Balaban J connectivity index is 0.00000504. The van der Waals surface area contributed by atoms with Gasteiger partial charge in [0.05, 0.1) is 32.0 Å². The van der Waals surface area contributed by atoms with Gasteiger partial charge in [-0.05, 0) is 6.10 Å². The zero-order valence-corrected chi connectivity index (χ0v) is 28.2. The average Bonchev–Trinajstić information content (AvgIpc) is 3.76. The number of aliphatic hydroxyl groups is 3. The first-order chi connectivity index (χ1) is 23.4. The molecule has 0 aliphatic carbocycles. The number of nitrogen functional groups attached to an aromatic ring is 2. The number of phosphoric ester groups is 2. The van der Waals surface area contributed by atoms with E-state index in [0.717, 1.165) is 17.2 Å². The van der Waals surface area contributed by atoms with Crippen LogP contribution >= 0.6 is 23.5 Å². The quantitative estimate of drug-likeness (QED) is 0.0476. The van der Waals surface area contributed by atoms with E-state index in [1.54, 1.807) is 0 Å². The Kier molecular flexibility index (Phi) is 11.3. The molecule has 0 amide bonds. The topological polar surface area (TPSA) is 410 Å². The molecule has 4 aromatic rings. The van der Waals surface area contributed by atoms with Gasteiger partial charge in [-0.25, -0.2) is 33.6 Å². The molecule has 0 radical (unpaired) electrons. The van der Waals surface area contributed by atoms with Crippen LogP contribution in [0.1, 0.15) is 12.5 Å². The van der Waals surface area contributed by atoms with Crippen molar-refractivity contribution < 1.29 is 94.8 Å². The standard InChI is InChI=1S/C20H26N10O17P3.Li/c21-14-8-15(24-3-23-14)29(4-25-8)18-12(33)10(31)6(44-18)1-42-48(36,37)46-50(40,41)47-49(38,39)43-2-7-11(32)13(34)19(45-7)30-5-26-9-16(30)27-20(22)28-17(9)35;/h3-7,10-13,18-19,31-33H,1-2H2,(H,36,37)(H,38,39)(H,40,41)(H2,21,23,24)(H3,22,27,28,35);/q-1;+1/t6-,7-,10-,11-,12-,13-,18-,19-;/m1./s1. The number of rotatable bonds is 12. The summed E-state index contributed by atoms with van der Waals surface area (Å²) in [6.45, 7) is -2.16. The molecule has 2 fully saturated rings. The molecule has 0 spiro atoms. The van der Waals surface area contributed by atoms with Crippen molar-refractivity contribution in [1.29, 1.82) is 0 Å². The monoisotopic (exact) mass is 778 g/mol. The molecule has 2 aliphatic rings. The molecule has 4 aromatic heterocycles. The van der Waals surface area contributed by atoms with Gasteiger partial charge in [-0.2, -0.15) is 13.6 Å². The van der Waals surface area contributed by atoms with Gasteiger partial charge in [0.2, 0.25) is 5.95 Å². The number of anilines is 2. The largest absolute Gasteiger partial charge is 1.00 e. The van der Waals surface area contributed by atoms with Gasteiger partial charge >= 0.3 is 42.3 Å². The zero-order valence-electron chi connectivity index (χ0n) is 25.6. The molecule has 0 aromatic carbocycles. The minimum Gasteiger partial charge on any atom is -0.847 e. The molecule has 2 aliphatic heterocycles. The number of H-pyrrole nitrogens is 1. The summed E-state index contributed by atoms with van der Waals surface area (Å²) >= 11 is 0. The summed E-state index contributed by atoms with van der Waals surface area (Å²) in [5.41, 5.74) is 10.4. The molecule has 0 bridgehead atoms. The Labute approximate surface area is 294 Å². The summed E-state index contributed by atoms with van der Waals surface area (Å²) in [6.07, 6.45) is -10.3. The summed E-state index contributed by atoms with van der Waals surface area (Å²) in [7, 11) is -17.3. The number of aromatic amines is 1. The molecular formula is C20H26LiN10O17P3. The molecule has 274 valence electrons. The first-order valence-electron chi connectivity index (χ1n) is 13.7. The van der Waals surface area contributed by atoms with Crippen molar-refractivity contribution >= 4 is 57.6 Å². The minimum atomic E-state index is -5.98. The van der Waals surface area contributed by atoms with E-state index in [0.29, 0.717) is 0 Å². The SMILES string of the molecule is Nc1nc2c(ncn2[C@@H]2O[C@H](COP(=O)(O)OP(=O)(O)OP(=O)(O)OC[C@H]3O[C@@H](n4cnc5c(N)ncnc54)[C@H](O)[C@@H]3O)[C@@H](O)[C@H]2[O-])c(=O)[nH]1.[Li+]. The Bertz CT molecular complexity index is 2120. The number of aliphatic hydroxyl groups excluding tert-OH is 3. The third-order valence-corrected chi connectivity index (χ3v) is 11.5. The predicted molar refractivity (Wildman–Crippen MR) is 155 cm³/mol. The van der Waals surface area contributed by atoms with Crippen LogP contribution in [-0.4, -0.2) is 119 Å². The van der Waals surface area contributed by atoms with Crippen LogP contribution in [0.15, 0.2) is 23.8 Å². The van der Waals surface area contributed by atoms with Crippen molar-refractivity contribution in [3.8, 4) is 0 Å². The first-order valence-corrected chi connectivity index (χ1v) is 18.2. The van der Waals surface area contributed by atoms with Crippen molar-refractivity contribution in [3.05, 3.63) is 29.3 Å². The second-order valence-corrected chi connectivity index (χ2v) is 15.2. The maximum atomic E-state index is 12.7.